The molecule has 4 heteroatoms. The molecule has 88 valence electrons. The fraction of sp³-hybridized carbons (Fsp3) is 0.909. The predicted molar refractivity (Wildman–Crippen MR) is 57.7 cm³/mol. The molecule has 0 spiro atoms. The lowest BCUT2D eigenvalue weighted by molar-refractivity contribution is -0.142. The minimum Gasteiger partial charge on any atom is -0.381 e. The van der Waals surface area contributed by atoms with Crippen LogP contribution >= 0.6 is 0 Å². The van der Waals surface area contributed by atoms with Crippen LogP contribution in [0.15, 0.2) is 0 Å². The summed E-state index contributed by atoms with van der Waals surface area (Å²) in [5.74, 6) is -0.0607. The van der Waals surface area contributed by atoms with E-state index in [1.807, 2.05) is 0 Å². The zero-order valence-electron chi connectivity index (χ0n) is 10.1. The summed E-state index contributed by atoms with van der Waals surface area (Å²) in [5, 5.41) is 3.04. The van der Waals surface area contributed by atoms with Crippen LogP contribution in [0.3, 0.4) is 0 Å². The Bertz CT molecular complexity index is 232. The van der Waals surface area contributed by atoms with Gasteiger partial charge in [-0.2, -0.15) is 0 Å². The predicted octanol–water partition coefficient (Wildman–Crippen LogP) is 1.10. The molecule has 0 aromatic heterocycles. The van der Waals surface area contributed by atoms with E-state index < -0.39 is 5.60 Å². The van der Waals surface area contributed by atoms with Crippen LogP contribution in [0, 0.1) is 0 Å². The number of nitrogens with one attached hydrogen (secondary N) is 1. The second-order valence-corrected chi connectivity index (χ2v) is 4.84. The maximum atomic E-state index is 11.9. The molecule has 4 nitrogen and oxygen atoms in total. The van der Waals surface area contributed by atoms with Crippen molar-refractivity contribution in [2.75, 3.05) is 20.3 Å². The van der Waals surface area contributed by atoms with Crippen LogP contribution in [0.4, 0.5) is 0 Å². The first kappa shape index (κ1) is 12.5. The van der Waals surface area contributed by atoms with Gasteiger partial charge in [0.05, 0.1) is 0 Å². The van der Waals surface area contributed by atoms with Crippen molar-refractivity contribution in [3.8, 4) is 0 Å². The molecule has 1 N–H and O–H groups in total. The summed E-state index contributed by atoms with van der Waals surface area (Å²) in [4.78, 5) is 11.9. The molecular weight excluding hydrogens is 194 g/mol. The van der Waals surface area contributed by atoms with Crippen LogP contribution in [-0.2, 0) is 14.3 Å². The van der Waals surface area contributed by atoms with E-state index in [4.69, 9.17) is 9.47 Å². The van der Waals surface area contributed by atoms with Crippen LogP contribution in [0.25, 0.3) is 0 Å². The molecule has 0 radical (unpaired) electrons. The lowest BCUT2D eigenvalue weighted by Crippen LogP contribution is -2.55. The molecule has 0 bridgehead atoms. The highest BCUT2D eigenvalue weighted by molar-refractivity contribution is 5.84. The molecule has 1 fully saturated rings. The Labute approximate surface area is 91.3 Å². The summed E-state index contributed by atoms with van der Waals surface area (Å²) < 4.78 is 10.4. The molecule has 1 saturated heterocycles. The Kier molecular flexibility index (Phi) is 3.73. The van der Waals surface area contributed by atoms with Crippen molar-refractivity contribution in [1.29, 1.82) is 0 Å². The quantitative estimate of drug-likeness (QED) is 0.766. The minimum atomic E-state index is -0.763. The Morgan fingerprint density at radius 1 is 1.40 bits per heavy atom. The van der Waals surface area contributed by atoms with Gasteiger partial charge in [0.15, 0.2) is 0 Å². The highest BCUT2D eigenvalue weighted by atomic mass is 16.5. The molecule has 0 aliphatic carbocycles. The number of hydrogen-bond donors (Lipinski definition) is 1. The van der Waals surface area contributed by atoms with Crippen LogP contribution in [0.1, 0.15) is 33.6 Å². The smallest absolute Gasteiger partial charge is 0.252 e. The average Bonchev–Trinajstić information content (AvgIpc) is 2.18. The van der Waals surface area contributed by atoms with Crippen LogP contribution in [0.2, 0.25) is 0 Å². The maximum Gasteiger partial charge on any atom is 0.252 e. The van der Waals surface area contributed by atoms with Gasteiger partial charge in [0.25, 0.3) is 5.91 Å². The van der Waals surface area contributed by atoms with Gasteiger partial charge in [-0.25, -0.2) is 0 Å². The van der Waals surface area contributed by atoms with Gasteiger partial charge in [0.2, 0.25) is 0 Å². The van der Waals surface area contributed by atoms with Crippen LogP contribution in [-0.4, -0.2) is 37.4 Å². The fourth-order valence-corrected chi connectivity index (χ4v) is 1.46. The first-order valence-electron chi connectivity index (χ1n) is 5.35. The van der Waals surface area contributed by atoms with E-state index in [1.165, 1.54) is 0 Å². The highest BCUT2D eigenvalue weighted by Crippen LogP contribution is 2.21. The minimum absolute atomic E-state index is 0.0607. The molecule has 15 heavy (non-hydrogen) atoms. The van der Waals surface area contributed by atoms with E-state index in [0.717, 1.165) is 12.8 Å². The number of ether oxygens (including phenoxy) is 2. The normalized spacial score (nSPS) is 21.1. The monoisotopic (exact) mass is 215 g/mol. The Hall–Kier alpha value is -0.610. The summed E-state index contributed by atoms with van der Waals surface area (Å²) in [6, 6.07) is 0. The van der Waals surface area contributed by atoms with E-state index in [1.54, 1.807) is 21.0 Å². The Morgan fingerprint density at radius 3 is 2.40 bits per heavy atom. The van der Waals surface area contributed by atoms with Gasteiger partial charge in [-0.3, -0.25) is 4.79 Å². The van der Waals surface area contributed by atoms with Crippen molar-refractivity contribution in [3.63, 3.8) is 0 Å². The lowest BCUT2D eigenvalue weighted by atomic mass is 9.91. The topological polar surface area (TPSA) is 47.6 Å². The number of carbonyl (C=O) groups is 1. The van der Waals surface area contributed by atoms with Gasteiger partial charge in [-0.1, -0.05) is 0 Å². The van der Waals surface area contributed by atoms with Gasteiger partial charge in [0.1, 0.15) is 5.60 Å². The molecule has 0 aromatic carbocycles. The Morgan fingerprint density at radius 2 is 1.93 bits per heavy atom. The van der Waals surface area contributed by atoms with Gasteiger partial charge in [0, 0.05) is 25.9 Å². The zero-order valence-corrected chi connectivity index (χ0v) is 10.1. The van der Waals surface area contributed by atoms with Crippen molar-refractivity contribution in [2.45, 2.75) is 44.8 Å². The summed E-state index contributed by atoms with van der Waals surface area (Å²) in [6.45, 7) is 7.02. The molecular formula is C11H21NO3. The molecule has 0 atom stereocenters. The number of rotatable bonds is 3. The summed E-state index contributed by atoms with van der Waals surface area (Å²) in [6.07, 6.45) is 1.72. The van der Waals surface area contributed by atoms with E-state index in [2.05, 4.69) is 12.2 Å². The molecule has 1 aliphatic heterocycles. The third-order valence-corrected chi connectivity index (χ3v) is 3.07. The van der Waals surface area contributed by atoms with Gasteiger partial charge in [-0.05, 0) is 33.6 Å². The van der Waals surface area contributed by atoms with Gasteiger partial charge in [-0.15, -0.1) is 0 Å². The molecule has 1 amide bonds. The number of carbonyl (C=O) groups excluding carboxylic acids is 1. The molecule has 1 rings (SSSR count). The van der Waals surface area contributed by atoms with E-state index in [0.29, 0.717) is 13.2 Å². The first-order chi connectivity index (χ1) is 6.90. The standard InChI is InChI=1S/C11H21NO3/c1-10(2,14-4)9(13)12-11(3)5-7-15-8-6-11/h5-8H2,1-4H3,(H,12,13). The number of amides is 1. The highest BCUT2D eigenvalue weighted by Gasteiger charge is 2.35. The largest absolute Gasteiger partial charge is 0.381 e. The lowest BCUT2D eigenvalue weighted by Gasteiger charge is -2.37. The maximum absolute atomic E-state index is 11.9. The van der Waals surface area contributed by atoms with Crippen LogP contribution < -0.4 is 5.32 Å². The summed E-state index contributed by atoms with van der Waals surface area (Å²) in [7, 11) is 1.55. The third kappa shape index (κ3) is 3.18. The number of hydrogen-bond acceptors (Lipinski definition) is 3. The summed E-state index contributed by atoms with van der Waals surface area (Å²) >= 11 is 0. The van der Waals surface area contributed by atoms with E-state index in [9.17, 15) is 4.79 Å². The second-order valence-electron chi connectivity index (χ2n) is 4.84. The fourth-order valence-electron chi connectivity index (χ4n) is 1.46. The van der Waals surface area contributed by atoms with Crippen molar-refractivity contribution in [2.24, 2.45) is 0 Å². The molecule has 0 saturated carbocycles. The SMILES string of the molecule is COC(C)(C)C(=O)NC1(C)CCOCC1. The average molecular weight is 215 g/mol. The molecule has 1 aliphatic rings. The number of methoxy groups -OCH3 is 1. The zero-order chi connectivity index (χ0) is 11.5. The molecule has 0 aromatic rings. The molecule has 0 unspecified atom stereocenters. The second kappa shape index (κ2) is 4.49. The van der Waals surface area contributed by atoms with E-state index >= 15 is 0 Å². The van der Waals surface area contributed by atoms with Gasteiger partial charge < -0.3 is 14.8 Å². The van der Waals surface area contributed by atoms with Crippen molar-refractivity contribution >= 4 is 5.91 Å². The molecule has 1 heterocycles. The Balaban J connectivity index is 2.56. The van der Waals surface area contributed by atoms with Crippen LogP contribution in [0.5, 0.6) is 0 Å². The van der Waals surface area contributed by atoms with Crippen molar-refractivity contribution in [1.82, 2.24) is 5.32 Å². The van der Waals surface area contributed by atoms with Gasteiger partial charge >= 0.3 is 0 Å². The summed E-state index contributed by atoms with van der Waals surface area (Å²) in [5.41, 5.74) is -0.910. The van der Waals surface area contributed by atoms with Crippen molar-refractivity contribution in [3.05, 3.63) is 0 Å². The first-order valence-corrected chi connectivity index (χ1v) is 5.35. The third-order valence-electron chi connectivity index (χ3n) is 3.07. The van der Waals surface area contributed by atoms with Crippen molar-refractivity contribution < 1.29 is 14.3 Å². The van der Waals surface area contributed by atoms with E-state index in [-0.39, 0.29) is 11.4 Å².